The molecule has 3 heterocycles. The highest BCUT2D eigenvalue weighted by atomic mass is 32.2. The first-order valence-electron chi connectivity index (χ1n) is 5.71. The molecule has 0 bridgehead atoms. The van der Waals surface area contributed by atoms with Crippen molar-refractivity contribution in [1.82, 2.24) is 15.0 Å². The van der Waals surface area contributed by atoms with Gasteiger partial charge >= 0.3 is 0 Å². The molecule has 1 aliphatic rings. The lowest BCUT2D eigenvalue weighted by Crippen LogP contribution is -2.33. The Morgan fingerprint density at radius 3 is 3.11 bits per heavy atom. The molecule has 2 N–H and O–H groups in total. The van der Waals surface area contributed by atoms with Crippen LogP contribution in [0.15, 0.2) is 16.7 Å². The number of nitrogens with two attached hydrogens (primary N) is 1. The number of hydrogen-bond acceptors (Lipinski definition) is 7. The van der Waals surface area contributed by atoms with Gasteiger partial charge in [0.2, 0.25) is 0 Å². The maximum atomic E-state index is 5.70. The van der Waals surface area contributed by atoms with Gasteiger partial charge in [0.25, 0.3) is 5.89 Å². The number of nitrogen functional groups attached to an aromatic ring is 1. The van der Waals surface area contributed by atoms with E-state index in [2.05, 4.69) is 22.1 Å². The van der Waals surface area contributed by atoms with Gasteiger partial charge in [0.1, 0.15) is 0 Å². The topological polar surface area (TPSA) is 68.2 Å². The molecule has 18 heavy (non-hydrogen) atoms. The minimum absolute atomic E-state index is 0.249. The lowest BCUT2D eigenvalue weighted by molar-refractivity contribution is 0.257. The molecule has 7 heteroatoms. The fourth-order valence-electron chi connectivity index (χ4n) is 1.90. The Morgan fingerprint density at radius 1 is 1.50 bits per heavy atom. The van der Waals surface area contributed by atoms with Crippen LogP contribution < -0.4 is 5.73 Å². The highest BCUT2D eigenvalue weighted by molar-refractivity contribution is 7.99. The van der Waals surface area contributed by atoms with E-state index in [4.69, 9.17) is 10.3 Å². The third kappa shape index (κ3) is 2.25. The van der Waals surface area contributed by atoms with Crippen LogP contribution in [-0.4, -0.2) is 40.1 Å². The smallest absolute Gasteiger partial charge is 0.268 e. The average Bonchev–Trinajstić information content (AvgIpc) is 2.98. The summed E-state index contributed by atoms with van der Waals surface area (Å²) in [5.41, 5.74) is 5.70. The molecule has 2 aromatic heterocycles. The van der Waals surface area contributed by atoms with E-state index in [0.717, 1.165) is 28.0 Å². The van der Waals surface area contributed by atoms with Crippen LogP contribution >= 0.6 is 23.1 Å². The predicted octanol–water partition coefficient (Wildman–Crippen LogP) is 2.10. The maximum absolute atomic E-state index is 5.70. The average molecular weight is 282 g/mol. The second-order valence-corrected chi connectivity index (χ2v) is 6.50. The van der Waals surface area contributed by atoms with E-state index in [1.807, 2.05) is 23.9 Å². The van der Waals surface area contributed by atoms with Gasteiger partial charge < -0.3 is 10.3 Å². The molecular weight excluding hydrogens is 268 g/mol. The summed E-state index contributed by atoms with van der Waals surface area (Å²) in [6.45, 7) is 1.06. The Morgan fingerprint density at radius 2 is 2.39 bits per heavy atom. The van der Waals surface area contributed by atoms with Gasteiger partial charge in [-0.3, -0.25) is 4.90 Å². The SMILES string of the molecule is CN1CCSCC1c1noc(-c2ccc(N)s2)n1. The van der Waals surface area contributed by atoms with Crippen molar-refractivity contribution in [1.29, 1.82) is 0 Å². The number of thioether (sulfide) groups is 1. The zero-order valence-corrected chi connectivity index (χ0v) is 11.6. The normalized spacial score (nSPS) is 21.3. The Kier molecular flexibility index (Phi) is 3.27. The highest BCUT2D eigenvalue weighted by Gasteiger charge is 2.26. The van der Waals surface area contributed by atoms with Gasteiger partial charge in [-0.1, -0.05) is 5.16 Å². The van der Waals surface area contributed by atoms with Crippen molar-refractivity contribution in [2.24, 2.45) is 0 Å². The number of thiophene rings is 1. The summed E-state index contributed by atoms with van der Waals surface area (Å²) in [5.74, 6) is 3.52. The molecule has 1 unspecified atom stereocenters. The van der Waals surface area contributed by atoms with Crippen molar-refractivity contribution in [3.63, 3.8) is 0 Å². The molecule has 0 aromatic carbocycles. The van der Waals surface area contributed by atoms with E-state index in [-0.39, 0.29) is 6.04 Å². The molecule has 0 saturated carbocycles. The fourth-order valence-corrected chi connectivity index (χ4v) is 3.80. The predicted molar refractivity (Wildman–Crippen MR) is 74.7 cm³/mol. The summed E-state index contributed by atoms with van der Waals surface area (Å²) in [7, 11) is 2.10. The number of rotatable bonds is 2. The van der Waals surface area contributed by atoms with E-state index in [1.165, 1.54) is 17.1 Å². The van der Waals surface area contributed by atoms with Crippen LogP contribution in [0.5, 0.6) is 0 Å². The molecule has 1 aliphatic heterocycles. The summed E-state index contributed by atoms with van der Waals surface area (Å²) in [6, 6.07) is 4.02. The molecule has 0 radical (unpaired) electrons. The van der Waals surface area contributed by atoms with Crippen molar-refractivity contribution in [2.75, 3.05) is 30.8 Å². The van der Waals surface area contributed by atoms with Crippen LogP contribution in [0.2, 0.25) is 0 Å². The van der Waals surface area contributed by atoms with Gasteiger partial charge in [-0.15, -0.1) is 11.3 Å². The molecule has 0 aliphatic carbocycles. The molecule has 0 spiro atoms. The van der Waals surface area contributed by atoms with Gasteiger partial charge in [0.15, 0.2) is 5.82 Å². The van der Waals surface area contributed by atoms with Gasteiger partial charge in [-0.25, -0.2) is 0 Å². The van der Waals surface area contributed by atoms with E-state index >= 15 is 0 Å². The largest absolute Gasteiger partial charge is 0.391 e. The Hall–Kier alpha value is -1.05. The van der Waals surface area contributed by atoms with Crippen LogP contribution in [-0.2, 0) is 0 Å². The second-order valence-electron chi connectivity index (χ2n) is 4.23. The number of nitrogens with zero attached hydrogens (tertiary/aromatic N) is 3. The molecule has 96 valence electrons. The van der Waals surface area contributed by atoms with E-state index in [1.54, 1.807) is 0 Å². The first kappa shape index (κ1) is 12.0. The second kappa shape index (κ2) is 4.91. The molecule has 1 atom stereocenters. The van der Waals surface area contributed by atoms with Crippen LogP contribution in [0.1, 0.15) is 11.9 Å². The summed E-state index contributed by atoms with van der Waals surface area (Å²) >= 11 is 3.39. The van der Waals surface area contributed by atoms with Gasteiger partial charge in [-0.2, -0.15) is 16.7 Å². The lowest BCUT2D eigenvalue weighted by Gasteiger charge is -2.29. The summed E-state index contributed by atoms with van der Waals surface area (Å²) in [4.78, 5) is 7.69. The van der Waals surface area contributed by atoms with Crippen LogP contribution in [0, 0.1) is 0 Å². The van der Waals surface area contributed by atoms with Crippen molar-refractivity contribution in [2.45, 2.75) is 6.04 Å². The monoisotopic (exact) mass is 282 g/mol. The minimum Gasteiger partial charge on any atom is -0.391 e. The van der Waals surface area contributed by atoms with Crippen LogP contribution in [0.3, 0.4) is 0 Å². The third-order valence-corrected chi connectivity index (χ3v) is 4.90. The first-order valence-corrected chi connectivity index (χ1v) is 7.68. The minimum atomic E-state index is 0.249. The van der Waals surface area contributed by atoms with E-state index in [0.29, 0.717) is 5.89 Å². The van der Waals surface area contributed by atoms with Crippen molar-refractivity contribution < 1.29 is 4.52 Å². The summed E-state index contributed by atoms with van der Waals surface area (Å²) in [5, 5.41) is 4.86. The summed E-state index contributed by atoms with van der Waals surface area (Å²) < 4.78 is 5.32. The fraction of sp³-hybridized carbons (Fsp3) is 0.455. The number of anilines is 1. The Bertz CT molecular complexity index is 539. The molecule has 1 saturated heterocycles. The lowest BCUT2D eigenvalue weighted by atomic mass is 10.3. The van der Waals surface area contributed by atoms with Crippen molar-refractivity contribution >= 4 is 28.1 Å². The third-order valence-electron chi connectivity index (χ3n) is 2.97. The van der Waals surface area contributed by atoms with Crippen LogP contribution in [0.25, 0.3) is 10.8 Å². The zero-order valence-electron chi connectivity index (χ0n) is 10.00. The van der Waals surface area contributed by atoms with Crippen LogP contribution in [0.4, 0.5) is 5.00 Å². The van der Waals surface area contributed by atoms with E-state index in [9.17, 15) is 0 Å². The number of aromatic nitrogens is 2. The van der Waals surface area contributed by atoms with Gasteiger partial charge in [0.05, 0.1) is 15.9 Å². The van der Waals surface area contributed by atoms with Crippen molar-refractivity contribution in [3.8, 4) is 10.8 Å². The molecular formula is C11H14N4OS2. The van der Waals surface area contributed by atoms with E-state index < -0.39 is 0 Å². The molecule has 1 fully saturated rings. The highest BCUT2D eigenvalue weighted by Crippen LogP contribution is 2.31. The maximum Gasteiger partial charge on any atom is 0.268 e. The molecule has 5 nitrogen and oxygen atoms in total. The Labute approximate surface area is 113 Å². The quantitative estimate of drug-likeness (QED) is 0.909. The molecule has 0 amide bonds. The van der Waals surface area contributed by atoms with Crippen molar-refractivity contribution in [3.05, 3.63) is 18.0 Å². The van der Waals surface area contributed by atoms with Gasteiger partial charge in [0, 0.05) is 18.1 Å². The zero-order chi connectivity index (χ0) is 12.5. The van der Waals surface area contributed by atoms with Gasteiger partial charge in [-0.05, 0) is 19.2 Å². The summed E-state index contributed by atoms with van der Waals surface area (Å²) in [6.07, 6.45) is 0. The number of hydrogen-bond donors (Lipinski definition) is 1. The molecule has 2 aromatic rings. The molecule has 3 rings (SSSR count). The first-order chi connectivity index (χ1) is 8.74. The standard InChI is InChI=1S/C11H14N4OS2/c1-15-4-5-17-6-7(15)10-13-11(16-14-10)8-2-3-9(12)18-8/h2-3,7H,4-6,12H2,1H3. The Balaban J connectivity index is 1.84.